The average Bonchev–Trinajstić information content (AvgIpc) is 4.04. The summed E-state index contributed by atoms with van der Waals surface area (Å²) in [7, 11) is 0. The number of hydrogen-bond acceptors (Lipinski definition) is 8. The quantitative estimate of drug-likeness (QED) is 0.129. The van der Waals surface area contributed by atoms with Crippen molar-refractivity contribution < 1.29 is 29.4 Å². The number of fused-ring (bicyclic) bond motifs is 14. The predicted molar refractivity (Wildman–Crippen MR) is 211 cm³/mol. The zero-order valence-corrected chi connectivity index (χ0v) is 32.6. The van der Waals surface area contributed by atoms with Gasteiger partial charge < -0.3 is 30.8 Å². The van der Waals surface area contributed by atoms with Crippen molar-refractivity contribution in [3.05, 3.63) is 105 Å². The minimum Gasteiger partial charge on any atom is -0.465 e. The fraction of sp³-hybridized carbons (Fsp3) is 0.455. The van der Waals surface area contributed by atoms with Gasteiger partial charge in [0, 0.05) is 36.6 Å². The van der Waals surface area contributed by atoms with Crippen LogP contribution in [0.1, 0.15) is 122 Å². The van der Waals surface area contributed by atoms with Gasteiger partial charge in [-0.2, -0.15) is 0 Å². The number of imidazole rings is 2. The normalized spacial score (nSPS) is 31.1. The second-order valence-corrected chi connectivity index (χ2v) is 17.0. The summed E-state index contributed by atoms with van der Waals surface area (Å²) in [4.78, 5) is 73.0. The number of rotatable bonds is 5. The van der Waals surface area contributed by atoms with E-state index in [4.69, 9.17) is 9.97 Å². The maximum atomic E-state index is 13.2. The first-order valence-corrected chi connectivity index (χ1v) is 20.4. The Balaban J connectivity index is 1.14. The molecule has 298 valence electrons. The number of carbonyl (C=O) groups excluding carboxylic acids is 2. The number of carbonyl (C=O) groups is 2. The highest BCUT2D eigenvalue weighted by molar-refractivity contribution is 5.77. The number of amides is 2. The molecule has 6 aliphatic rings. The molecule has 2 saturated carbocycles. The van der Waals surface area contributed by atoms with Crippen LogP contribution in [0.25, 0.3) is 11.1 Å². The first-order valence-electron chi connectivity index (χ1n) is 20.4. The number of hydrogen-bond donors (Lipinski definition) is 6. The summed E-state index contributed by atoms with van der Waals surface area (Å²) in [5, 5.41) is 26.9. The van der Waals surface area contributed by atoms with Gasteiger partial charge in [-0.3, -0.25) is 9.80 Å². The molecule has 6 atom stereocenters. The van der Waals surface area contributed by atoms with E-state index in [1.54, 1.807) is 12.4 Å². The van der Waals surface area contributed by atoms with Gasteiger partial charge in [-0.05, 0) is 111 Å². The molecule has 2 unspecified atom stereocenters. The summed E-state index contributed by atoms with van der Waals surface area (Å²) in [5.74, 6) is 6.16. The van der Waals surface area contributed by atoms with Crippen molar-refractivity contribution >= 4 is 24.1 Å². The Hall–Kier alpha value is -5.78. The summed E-state index contributed by atoms with van der Waals surface area (Å²) in [6.45, 7) is 5.39. The molecule has 0 spiro atoms. The van der Waals surface area contributed by atoms with E-state index in [1.807, 2.05) is 50.2 Å². The molecule has 4 aromatic rings. The minimum atomic E-state index is -1.22. The topological polar surface area (TPSA) is 197 Å². The van der Waals surface area contributed by atoms with E-state index in [-0.39, 0.29) is 12.1 Å². The van der Waals surface area contributed by atoms with Crippen molar-refractivity contribution in [2.45, 2.75) is 112 Å². The zero-order valence-electron chi connectivity index (χ0n) is 32.6. The SMILES string of the molecule is Cc1c(-c2ccc([C@]34C(=C=O)CCC[C@@]3(NC(=O)O)N3CCCC3c3ncc4[nH]3)cc2)ccc([C@]23C(=C=O)CCC[C@@]2(NC(=O)O)N2CCCC2c2ncc3[nH]2)c1C. The van der Waals surface area contributed by atoms with Crippen LogP contribution >= 0.6 is 0 Å². The summed E-state index contributed by atoms with van der Waals surface area (Å²) in [6, 6.07) is 11.8. The lowest BCUT2D eigenvalue weighted by Gasteiger charge is -2.58. The summed E-state index contributed by atoms with van der Waals surface area (Å²) in [6.07, 6.45) is 7.80. The molecule has 2 aliphatic carbocycles. The molecule has 2 aromatic carbocycles. The van der Waals surface area contributed by atoms with E-state index in [0.29, 0.717) is 74.1 Å². The lowest BCUT2D eigenvalue weighted by atomic mass is 9.56. The van der Waals surface area contributed by atoms with Crippen LogP contribution in [0.2, 0.25) is 0 Å². The fourth-order valence-electron chi connectivity index (χ4n) is 12.8. The molecule has 4 aliphatic heterocycles. The van der Waals surface area contributed by atoms with Gasteiger partial charge >= 0.3 is 12.2 Å². The van der Waals surface area contributed by atoms with Crippen LogP contribution < -0.4 is 10.6 Å². The van der Waals surface area contributed by atoms with E-state index in [2.05, 4.69) is 42.3 Å². The molecule has 2 amide bonds. The molecule has 6 heterocycles. The van der Waals surface area contributed by atoms with Crippen molar-refractivity contribution in [1.29, 1.82) is 0 Å². The molecule has 14 heteroatoms. The third-order valence-electron chi connectivity index (χ3n) is 14.9. The highest BCUT2D eigenvalue weighted by Crippen LogP contribution is 2.61. The Morgan fingerprint density at radius 2 is 1.24 bits per heavy atom. The first kappa shape index (κ1) is 36.6. The second kappa shape index (κ2) is 12.9. The number of aromatic amines is 2. The average molecular weight is 783 g/mol. The smallest absolute Gasteiger partial charge is 0.406 e. The molecule has 14 nitrogen and oxygen atoms in total. The molecule has 4 bridgehead atoms. The maximum absolute atomic E-state index is 13.2. The van der Waals surface area contributed by atoms with E-state index >= 15 is 0 Å². The summed E-state index contributed by atoms with van der Waals surface area (Å²) < 4.78 is 0. The van der Waals surface area contributed by atoms with Crippen molar-refractivity contribution in [1.82, 2.24) is 40.4 Å². The van der Waals surface area contributed by atoms with Crippen LogP contribution in [0.4, 0.5) is 9.59 Å². The lowest BCUT2D eigenvalue weighted by Crippen LogP contribution is -2.73. The number of nitrogens with one attached hydrogen (secondary N) is 4. The molecule has 2 aromatic heterocycles. The molecule has 0 radical (unpaired) electrons. The molecule has 10 rings (SSSR count). The predicted octanol–water partition coefficient (Wildman–Crippen LogP) is 6.10. The van der Waals surface area contributed by atoms with Crippen LogP contribution in [0.3, 0.4) is 0 Å². The van der Waals surface area contributed by atoms with Gasteiger partial charge in [0.15, 0.2) is 0 Å². The Labute approximate surface area is 334 Å². The Morgan fingerprint density at radius 3 is 1.78 bits per heavy atom. The van der Waals surface area contributed by atoms with Crippen molar-refractivity contribution in [3.8, 4) is 11.1 Å². The lowest BCUT2D eigenvalue weighted by molar-refractivity contribution is -0.0172. The number of benzene rings is 2. The Bertz CT molecular complexity index is 2500. The van der Waals surface area contributed by atoms with Gasteiger partial charge in [-0.25, -0.2) is 29.1 Å². The van der Waals surface area contributed by atoms with Crippen molar-refractivity contribution in [3.63, 3.8) is 0 Å². The highest BCUT2D eigenvalue weighted by atomic mass is 16.4. The monoisotopic (exact) mass is 782 g/mol. The van der Waals surface area contributed by atoms with Gasteiger partial charge in [-0.1, -0.05) is 36.4 Å². The third kappa shape index (κ3) is 4.46. The van der Waals surface area contributed by atoms with Gasteiger partial charge in [0.25, 0.3) is 0 Å². The second-order valence-electron chi connectivity index (χ2n) is 17.0. The Morgan fingerprint density at radius 1 is 0.724 bits per heavy atom. The van der Waals surface area contributed by atoms with Crippen LogP contribution in [0.15, 0.2) is 59.9 Å². The van der Waals surface area contributed by atoms with Crippen LogP contribution in [0.5, 0.6) is 0 Å². The summed E-state index contributed by atoms with van der Waals surface area (Å²) >= 11 is 0. The van der Waals surface area contributed by atoms with Gasteiger partial charge in [-0.15, -0.1) is 0 Å². The first-order chi connectivity index (χ1) is 28.1. The van der Waals surface area contributed by atoms with Gasteiger partial charge in [0.2, 0.25) is 0 Å². The maximum Gasteiger partial charge on any atom is 0.406 e. The number of carboxylic acid groups (broad SMARTS) is 2. The molecular weight excluding hydrogens is 737 g/mol. The number of nitrogens with zero attached hydrogens (tertiary/aromatic N) is 4. The fourth-order valence-corrected chi connectivity index (χ4v) is 12.8. The van der Waals surface area contributed by atoms with Crippen LogP contribution in [0, 0.1) is 13.8 Å². The van der Waals surface area contributed by atoms with E-state index < -0.39 is 34.3 Å². The molecule has 4 fully saturated rings. The number of H-pyrrole nitrogens is 2. The van der Waals surface area contributed by atoms with E-state index in [1.165, 1.54) is 0 Å². The molecule has 6 N–H and O–H groups in total. The standard InChI is InChI=1S/C44H46N8O6/c1-25-26(2)32(44-30(24-54)8-4-18-42(44,50-40(57)58)52-20-6-10-34(52)38-46-22-36(44)48-38)16-15-31(25)27-11-13-28(14-12-27)43-29(23-53)7-3-17-41(43,49-39(55)56)51-19-5-9-33(51)37-45-21-35(43)47-37/h11-16,21-22,33-34,49-50H,3-10,17-20H2,1-2H3,(H,45,47)(H,46,48)(H,55,56)(H,57,58)/t33?,34?,41-,42-,43-,44+/m1/s1. The zero-order chi connectivity index (χ0) is 40.2. The van der Waals surface area contributed by atoms with Crippen LogP contribution in [-0.2, 0) is 20.4 Å². The van der Waals surface area contributed by atoms with Crippen LogP contribution in [-0.4, -0.2) is 88.4 Å². The number of aromatic nitrogens is 4. The minimum absolute atomic E-state index is 0.127. The molecular formula is C44H46N8O6. The highest BCUT2D eigenvalue weighted by Gasteiger charge is 2.68. The van der Waals surface area contributed by atoms with E-state index in [0.717, 1.165) is 70.7 Å². The van der Waals surface area contributed by atoms with Crippen molar-refractivity contribution in [2.24, 2.45) is 0 Å². The van der Waals surface area contributed by atoms with E-state index in [9.17, 15) is 29.4 Å². The summed E-state index contributed by atoms with van der Waals surface area (Å²) in [5.41, 5.74) is 2.86. The third-order valence-corrected chi connectivity index (χ3v) is 14.9. The van der Waals surface area contributed by atoms with Crippen molar-refractivity contribution in [2.75, 3.05) is 13.1 Å². The van der Waals surface area contributed by atoms with Gasteiger partial charge in [0.05, 0.1) is 23.5 Å². The Kier molecular flexibility index (Phi) is 8.11. The largest absolute Gasteiger partial charge is 0.465 e. The molecule has 2 saturated heterocycles. The van der Waals surface area contributed by atoms with Gasteiger partial charge in [0.1, 0.15) is 45.7 Å². The molecule has 58 heavy (non-hydrogen) atoms.